The summed E-state index contributed by atoms with van der Waals surface area (Å²) in [7, 11) is 0. The van der Waals surface area contributed by atoms with Gasteiger partial charge in [0.05, 0.1) is 5.71 Å². The second kappa shape index (κ2) is 7.44. The van der Waals surface area contributed by atoms with Gasteiger partial charge in [-0.15, -0.1) is 0 Å². The zero-order chi connectivity index (χ0) is 15.2. The van der Waals surface area contributed by atoms with Crippen molar-refractivity contribution in [2.24, 2.45) is 11.0 Å². The van der Waals surface area contributed by atoms with Crippen molar-refractivity contribution in [3.8, 4) is 0 Å². The molecule has 0 radical (unpaired) electrons. The number of allylic oxidation sites excluding steroid dienone is 4. The van der Waals surface area contributed by atoms with E-state index in [-0.39, 0.29) is 0 Å². The first kappa shape index (κ1) is 15.1. The lowest BCUT2D eigenvalue weighted by Crippen LogP contribution is -2.28. The molecular weight excluding hydrogens is 268 g/mol. The first-order valence-electron chi connectivity index (χ1n) is 8.55. The van der Waals surface area contributed by atoms with E-state index >= 15 is 0 Å². The van der Waals surface area contributed by atoms with Gasteiger partial charge in [-0.3, -0.25) is 0 Å². The smallest absolute Gasteiger partial charge is 0.0684 e. The first-order chi connectivity index (χ1) is 10.8. The summed E-state index contributed by atoms with van der Waals surface area (Å²) in [6.07, 6.45) is 14.2. The van der Waals surface area contributed by atoms with Crippen molar-refractivity contribution in [3.05, 3.63) is 59.7 Å². The summed E-state index contributed by atoms with van der Waals surface area (Å²) in [4.78, 5) is 0. The van der Waals surface area contributed by atoms with Crippen LogP contribution in [0.4, 0.5) is 0 Å². The molecule has 2 nitrogen and oxygen atoms in total. The molecule has 3 rings (SSSR count). The predicted molar refractivity (Wildman–Crippen MR) is 94.0 cm³/mol. The van der Waals surface area contributed by atoms with Gasteiger partial charge in [0.25, 0.3) is 0 Å². The van der Waals surface area contributed by atoms with Gasteiger partial charge < -0.3 is 5.43 Å². The zero-order valence-corrected chi connectivity index (χ0v) is 13.5. The molecule has 1 N–H and O–H groups in total. The molecule has 0 saturated heterocycles. The molecule has 0 aromatic heterocycles. The van der Waals surface area contributed by atoms with Crippen molar-refractivity contribution >= 4 is 5.71 Å². The Morgan fingerprint density at radius 1 is 1.14 bits per heavy atom. The molecule has 2 aliphatic rings. The fourth-order valence-corrected chi connectivity index (χ4v) is 3.31. The van der Waals surface area contributed by atoms with E-state index in [0.29, 0.717) is 12.0 Å². The molecule has 0 aliphatic heterocycles. The molecule has 22 heavy (non-hydrogen) atoms. The normalized spacial score (nSPS) is 22.7. The second-order valence-electron chi connectivity index (χ2n) is 6.49. The maximum Gasteiger partial charge on any atom is 0.0684 e. The largest absolute Gasteiger partial charge is 0.307 e. The summed E-state index contributed by atoms with van der Waals surface area (Å²) in [5, 5.41) is 4.82. The Balaban J connectivity index is 1.73. The minimum Gasteiger partial charge on any atom is -0.307 e. The zero-order valence-electron chi connectivity index (χ0n) is 13.5. The third kappa shape index (κ3) is 3.88. The Labute approximate surface area is 134 Å². The maximum absolute atomic E-state index is 4.82. The summed E-state index contributed by atoms with van der Waals surface area (Å²) in [6.45, 7) is 2.21. The van der Waals surface area contributed by atoms with Crippen LogP contribution in [0, 0.1) is 5.92 Å². The molecule has 1 aromatic rings. The minimum absolute atomic E-state index is 0.493. The molecule has 2 heteroatoms. The number of rotatable bonds is 5. The van der Waals surface area contributed by atoms with E-state index in [0.717, 1.165) is 6.42 Å². The highest BCUT2D eigenvalue weighted by molar-refractivity contribution is 6.00. The second-order valence-corrected chi connectivity index (χ2v) is 6.49. The highest BCUT2D eigenvalue weighted by Crippen LogP contribution is 2.24. The number of hydrogen-bond acceptors (Lipinski definition) is 2. The lowest BCUT2D eigenvalue weighted by atomic mass is 9.94. The predicted octanol–water partition coefficient (Wildman–Crippen LogP) is 4.84. The van der Waals surface area contributed by atoms with Crippen LogP contribution >= 0.6 is 0 Å². The van der Waals surface area contributed by atoms with E-state index in [2.05, 4.69) is 60.9 Å². The molecule has 1 aromatic carbocycles. The van der Waals surface area contributed by atoms with Gasteiger partial charge in [-0.1, -0.05) is 73.4 Å². The number of benzene rings is 1. The Morgan fingerprint density at radius 3 is 2.59 bits per heavy atom. The van der Waals surface area contributed by atoms with Crippen molar-refractivity contribution in [2.45, 2.75) is 51.5 Å². The molecule has 116 valence electrons. The van der Waals surface area contributed by atoms with Crippen molar-refractivity contribution in [2.75, 3.05) is 0 Å². The quantitative estimate of drug-likeness (QED) is 0.610. The first-order valence-corrected chi connectivity index (χ1v) is 8.55. The highest BCUT2D eigenvalue weighted by atomic mass is 15.3. The van der Waals surface area contributed by atoms with E-state index < -0.39 is 0 Å². The van der Waals surface area contributed by atoms with Gasteiger partial charge in [0.1, 0.15) is 0 Å². The summed E-state index contributed by atoms with van der Waals surface area (Å²) >= 11 is 0. The molecular formula is C20H26N2. The Bertz CT molecular complexity index is 563. The minimum atomic E-state index is 0.493. The van der Waals surface area contributed by atoms with Crippen LogP contribution < -0.4 is 5.43 Å². The highest BCUT2D eigenvalue weighted by Gasteiger charge is 2.17. The monoisotopic (exact) mass is 294 g/mol. The van der Waals surface area contributed by atoms with Crippen LogP contribution in [-0.4, -0.2) is 11.8 Å². The van der Waals surface area contributed by atoms with Crippen molar-refractivity contribution in [1.82, 2.24) is 5.43 Å². The fraction of sp³-hybridized carbons (Fsp3) is 0.450. The fourth-order valence-electron chi connectivity index (χ4n) is 3.31. The van der Waals surface area contributed by atoms with Gasteiger partial charge in [0.2, 0.25) is 0 Å². The molecule has 0 bridgehead atoms. The molecule has 1 unspecified atom stereocenters. The molecule has 1 atom stereocenters. The van der Waals surface area contributed by atoms with Crippen molar-refractivity contribution in [3.63, 3.8) is 0 Å². The SMILES string of the molecule is CC1=CC=CC1CC(=NNC1CCCCC1)c1ccccc1. The van der Waals surface area contributed by atoms with Gasteiger partial charge in [0, 0.05) is 18.4 Å². The summed E-state index contributed by atoms with van der Waals surface area (Å²) < 4.78 is 0. The van der Waals surface area contributed by atoms with Crippen molar-refractivity contribution in [1.29, 1.82) is 0 Å². The van der Waals surface area contributed by atoms with Gasteiger partial charge in [0.15, 0.2) is 0 Å². The topological polar surface area (TPSA) is 24.4 Å². The number of nitrogens with zero attached hydrogens (tertiary/aromatic N) is 1. The van der Waals surface area contributed by atoms with Crippen LogP contribution in [0.5, 0.6) is 0 Å². The van der Waals surface area contributed by atoms with E-state index in [9.17, 15) is 0 Å². The third-order valence-electron chi connectivity index (χ3n) is 4.79. The van der Waals surface area contributed by atoms with E-state index in [1.54, 1.807) is 0 Å². The lowest BCUT2D eigenvalue weighted by molar-refractivity contribution is 0.380. The van der Waals surface area contributed by atoms with Gasteiger partial charge >= 0.3 is 0 Å². The maximum atomic E-state index is 4.82. The average molecular weight is 294 g/mol. The van der Waals surface area contributed by atoms with E-state index in [1.165, 1.54) is 49.0 Å². The molecule has 0 spiro atoms. The van der Waals surface area contributed by atoms with Gasteiger partial charge in [-0.25, -0.2) is 0 Å². The van der Waals surface area contributed by atoms with Crippen LogP contribution in [0.1, 0.15) is 51.0 Å². The summed E-state index contributed by atoms with van der Waals surface area (Å²) in [5.41, 5.74) is 7.30. The number of hydrazone groups is 1. The van der Waals surface area contributed by atoms with Crippen LogP contribution in [0.2, 0.25) is 0 Å². The molecule has 1 fully saturated rings. The molecule has 0 amide bonds. The Kier molecular flexibility index (Phi) is 5.10. The van der Waals surface area contributed by atoms with Crippen LogP contribution in [0.15, 0.2) is 59.2 Å². The van der Waals surface area contributed by atoms with Gasteiger partial charge in [-0.2, -0.15) is 5.10 Å². The Hall–Kier alpha value is -1.83. The lowest BCUT2D eigenvalue weighted by Gasteiger charge is -2.22. The standard InChI is InChI=1S/C20H26N2/c1-16-9-8-12-18(16)15-20(17-10-4-2-5-11-17)22-21-19-13-6-3-7-14-19/h2,4-5,8-12,18-19,21H,3,6-7,13-15H2,1H3. The third-order valence-corrected chi connectivity index (χ3v) is 4.79. The molecule has 1 saturated carbocycles. The van der Waals surface area contributed by atoms with Crippen molar-refractivity contribution < 1.29 is 0 Å². The summed E-state index contributed by atoms with van der Waals surface area (Å²) in [5.74, 6) is 0.493. The van der Waals surface area contributed by atoms with Crippen LogP contribution in [-0.2, 0) is 0 Å². The van der Waals surface area contributed by atoms with Gasteiger partial charge in [-0.05, 0) is 25.3 Å². The molecule has 2 aliphatic carbocycles. The van der Waals surface area contributed by atoms with E-state index in [4.69, 9.17) is 5.10 Å². The number of nitrogens with one attached hydrogen (secondary N) is 1. The van der Waals surface area contributed by atoms with Crippen LogP contribution in [0.25, 0.3) is 0 Å². The average Bonchev–Trinajstić information content (AvgIpc) is 2.98. The summed E-state index contributed by atoms with van der Waals surface area (Å²) in [6, 6.07) is 11.1. The van der Waals surface area contributed by atoms with E-state index in [1.807, 2.05) is 0 Å². The molecule has 0 heterocycles. The van der Waals surface area contributed by atoms with Crippen LogP contribution in [0.3, 0.4) is 0 Å². The number of hydrogen-bond donors (Lipinski definition) is 1. The Morgan fingerprint density at radius 2 is 1.91 bits per heavy atom.